The van der Waals surface area contributed by atoms with Crippen molar-refractivity contribution in [2.24, 2.45) is 0 Å². The van der Waals surface area contributed by atoms with Crippen LogP contribution in [0.5, 0.6) is 0 Å². The van der Waals surface area contributed by atoms with Crippen molar-refractivity contribution in [3.05, 3.63) is 0 Å². The highest BCUT2D eigenvalue weighted by molar-refractivity contribution is 4.86. The highest BCUT2D eigenvalue weighted by Gasteiger charge is 2.40. The van der Waals surface area contributed by atoms with Crippen LogP contribution in [0.3, 0.4) is 0 Å². The van der Waals surface area contributed by atoms with E-state index in [9.17, 15) is 0 Å². The Hall–Kier alpha value is -0.200. The van der Waals surface area contributed by atoms with E-state index in [4.69, 9.17) is 23.7 Å². The van der Waals surface area contributed by atoms with Gasteiger partial charge in [0.1, 0.15) is 31.9 Å². The van der Waals surface area contributed by atoms with Gasteiger partial charge in [-0.25, -0.2) is 0 Å². The van der Waals surface area contributed by atoms with Crippen molar-refractivity contribution in [2.75, 3.05) is 27.3 Å². The van der Waals surface area contributed by atoms with Crippen LogP contribution >= 0.6 is 0 Å². The largest absolute Gasteiger partial charge is 0.376 e. The van der Waals surface area contributed by atoms with Crippen LogP contribution in [0.4, 0.5) is 0 Å². The number of rotatable bonds is 1. The standard InChI is InChI=1S/C9H16O5/c1-6-8(10-2)9-7(13-5-12-6)3-11-4-14-9/h6-9H,3-5H2,1-2H3/t6-,7+,8+,9-/m0/s1. The molecule has 0 aromatic rings. The minimum absolute atomic E-state index is 0.0203. The molecule has 0 aromatic heterocycles. The average molecular weight is 204 g/mol. The van der Waals surface area contributed by atoms with Gasteiger partial charge in [-0.1, -0.05) is 0 Å². The summed E-state index contributed by atoms with van der Waals surface area (Å²) in [6, 6.07) is 0. The summed E-state index contributed by atoms with van der Waals surface area (Å²) in [7, 11) is 1.66. The van der Waals surface area contributed by atoms with Crippen molar-refractivity contribution in [3.8, 4) is 0 Å². The maximum atomic E-state index is 5.48. The van der Waals surface area contributed by atoms with E-state index in [1.165, 1.54) is 0 Å². The first-order valence-corrected chi connectivity index (χ1v) is 4.78. The van der Waals surface area contributed by atoms with Crippen molar-refractivity contribution < 1.29 is 23.7 Å². The van der Waals surface area contributed by atoms with Gasteiger partial charge in [-0.2, -0.15) is 0 Å². The molecule has 4 atom stereocenters. The predicted molar refractivity (Wildman–Crippen MR) is 46.8 cm³/mol. The average Bonchev–Trinajstić information content (AvgIpc) is 2.36. The van der Waals surface area contributed by atoms with Gasteiger partial charge in [-0.3, -0.25) is 0 Å². The molecule has 0 aliphatic carbocycles. The summed E-state index contributed by atoms with van der Waals surface area (Å²) in [6.45, 7) is 3.07. The molecule has 2 heterocycles. The Morgan fingerprint density at radius 2 is 2.00 bits per heavy atom. The third-order valence-corrected chi connectivity index (χ3v) is 2.66. The fraction of sp³-hybridized carbons (Fsp3) is 1.00. The second-order valence-electron chi connectivity index (χ2n) is 3.51. The molecule has 0 unspecified atom stereocenters. The second kappa shape index (κ2) is 4.55. The maximum absolute atomic E-state index is 5.48. The zero-order valence-corrected chi connectivity index (χ0v) is 8.47. The van der Waals surface area contributed by atoms with Crippen molar-refractivity contribution in [2.45, 2.75) is 31.3 Å². The van der Waals surface area contributed by atoms with Crippen LogP contribution < -0.4 is 0 Å². The van der Waals surface area contributed by atoms with Gasteiger partial charge in [0.2, 0.25) is 0 Å². The molecule has 82 valence electrons. The summed E-state index contributed by atoms with van der Waals surface area (Å²) < 4.78 is 26.9. The first kappa shape index (κ1) is 10.3. The Morgan fingerprint density at radius 1 is 1.14 bits per heavy atom. The second-order valence-corrected chi connectivity index (χ2v) is 3.51. The van der Waals surface area contributed by atoms with Crippen LogP contribution in [0.2, 0.25) is 0 Å². The van der Waals surface area contributed by atoms with E-state index in [-0.39, 0.29) is 31.2 Å². The molecule has 2 saturated heterocycles. The van der Waals surface area contributed by atoms with E-state index >= 15 is 0 Å². The quantitative estimate of drug-likeness (QED) is 0.607. The lowest BCUT2D eigenvalue weighted by Gasteiger charge is -2.34. The number of fused-ring (bicyclic) bond motifs is 1. The molecule has 0 radical (unpaired) electrons. The summed E-state index contributed by atoms with van der Waals surface area (Å²) in [4.78, 5) is 0. The third kappa shape index (κ3) is 1.92. The van der Waals surface area contributed by atoms with Gasteiger partial charge >= 0.3 is 0 Å². The van der Waals surface area contributed by atoms with E-state index < -0.39 is 0 Å². The van der Waals surface area contributed by atoms with E-state index in [1.807, 2.05) is 6.92 Å². The van der Waals surface area contributed by atoms with Crippen LogP contribution in [-0.2, 0) is 23.7 Å². The third-order valence-electron chi connectivity index (χ3n) is 2.66. The minimum Gasteiger partial charge on any atom is -0.376 e. The minimum atomic E-state index is -0.0914. The van der Waals surface area contributed by atoms with E-state index in [1.54, 1.807) is 7.11 Å². The van der Waals surface area contributed by atoms with E-state index in [0.29, 0.717) is 13.4 Å². The summed E-state index contributed by atoms with van der Waals surface area (Å²) in [5.74, 6) is 0. The molecule has 5 heteroatoms. The van der Waals surface area contributed by atoms with Crippen molar-refractivity contribution in [3.63, 3.8) is 0 Å². The molecule has 0 aromatic carbocycles. The highest BCUT2D eigenvalue weighted by atomic mass is 16.7. The zero-order chi connectivity index (χ0) is 9.97. The lowest BCUT2D eigenvalue weighted by atomic mass is 10.0. The molecule has 14 heavy (non-hydrogen) atoms. The van der Waals surface area contributed by atoms with Gasteiger partial charge in [0.15, 0.2) is 0 Å². The number of methoxy groups -OCH3 is 1. The normalized spacial score (nSPS) is 44.1. The lowest BCUT2D eigenvalue weighted by Crippen LogP contribution is -2.50. The van der Waals surface area contributed by atoms with Crippen molar-refractivity contribution >= 4 is 0 Å². The molecule has 0 amide bonds. The molecular weight excluding hydrogens is 188 g/mol. The summed E-state index contributed by atoms with van der Waals surface area (Å²) in [6.07, 6.45) is -0.288. The fourth-order valence-corrected chi connectivity index (χ4v) is 1.86. The Kier molecular flexibility index (Phi) is 3.35. The van der Waals surface area contributed by atoms with Gasteiger partial charge in [0, 0.05) is 7.11 Å². The van der Waals surface area contributed by atoms with Crippen molar-refractivity contribution in [1.82, 2.24) is 0 Å². The number of ether oxygens (including phenoxy) is 5. The van der Waals surface area contributed by atoms with E-state index in [2.05, 4.69) is 0 Å². The molecular formula is C9H16O5. The molecule has 2 fully saturated rings. The summed E-state index contributed by atoms with van der Waals surface area (Å²) in [5, 5.41) is 0. The maximum Gasteiger partial charge on any atom is 0.147 e. The smallest absolute Gasteiger partial charge is 0.147 e. The summed E-state index contributed by atoms with van der Waals surface area (Å²) in [5.41, 5.74) is 0. The predicted octanol–water partition coefficient (Wildman–Crippen LogP) is 0.136. The van der Waals surface area contributed by atoms with Crippen LogP contribution in [0, 0.1) is 0 Å². The Balaban J connectivity index is 2.09. The van der Waals surface area contributed by atoms with Gasteiger partial charge in [-0.05, 0) is 6.92 Å². The molecule has 0 saturated carbocycles. The van der Waals surface area contributed by atoms with Crippen LogP contribution in [-0.4, -0.2) is 51.7 Å². The monoisotopic (exact) mass is 204 g/mol. The Labute approximate surface area is 83.2 Å². The molecule has 2 aliphatic heterocycles. The molecule has 0 spiro atoms. The number of hydrogen-bond donors (Lipinski definition) is 0. The summed E-state index contributed by atoms with van der Waals surface area (Å²) >= 11 is 0. The molecule has 0 bridgehead atoms. The fourth-order valence-electron chi connectivity index (χ4n) is 1.86. The Bertz CT molecular complexity index is 186. The molecule has 5 nitrogen and oxygen atoms in total. The van der Waals surface area contributed by atoms with Gasteiger partial charge < -0.3 is 23.7 Å². The van der Waals surface area contributed by atoms with Gasteiger partial charge in [-0.15, -0.1) is 0 Å². The first-order valence-electron chi connectivity index (χ1n) is 4.78. The van der Waals surface area contributed by atoms with Crippen LogP contribution in [0.25, 0.3) is 0 Å². The van der Waals surface area contributed by atoms with Gasteiger partial charge in [0.25, 0.3) is 0 Å². The highest BCUT2D eigenvalue weighted by Crippen LogP contribution is 2.23. The van der Waals surface area contributed by atoms with Crippen molar-refractivity contribution in [1.29, 1.82) is 0 Å². The molecule has 2 aliphatic rings. The molecule has 0 N–H and O–H groups in total. The zero-order valence-electron chi connectivity index (χ0n) is 8.47. The SMILES string of the molecule is CO[C@H]1[C@H]2OCOC[C@H]2OCO[C@H]1C. The Morgan fingerprint density at radius 3 is 2.79 bits per heavy atom. The lowest BCUT2D eigenvalue weighted by molar-refractivity contribution is -0.228. The van der Waals surface area contributed by atoms with E-state index in [0.717, 1.165) is 0 Å². The van der Waals surface area contributed by atoms with Crippen LogP contribution in [0.1, 0.15) is 6.92 Å². The van der Waals surface area contributed by atoms with Crippen LogP contribution in [0.15, 0.2) is 0 Å². The molecule has 2 rings (SSSR count). The first-order chi connectivity index (χ1) is 6.83. The van der Waals surface area contributed by atoms with Gasteiger partial charge in [0.05, 0.1) is 12.7 Å². The number of hydrogen-bond acceptors (Lipinski definition) is 5. The topological polar surface area (TPSA) is 46.2 Å².